The van der Waals surface area contributed by atoms with E-state index in [1.807, 2.05) is 6.92 Å². The summed E-state index contributed by atoms with van der Waals surface area (Å²) in [5.74, 6) is -0.0206. The summed E-state index contributed by atoms with van der Waals surface area (Å²) in [7, 11) is 0. The van der Waals surface area contributed by atoms with Crippen molar-refractivity contribution in [2.45, 2.75) is 32.5 Å². The second-order valence-electron chi connectivity index (χ2n) is 4.84. The zero-order valence-electron chi connectivity index (χ0n) is 8.53. The van der Waals surface area contributed by atoms with Crippen molar-refractivity contribution in [3.63, 3.8) is 0 Å². The highest BCUT2D eigenvalue weighted by molar-refractivity contribution is 5.86. The van der Waals surface area contributed by atoms with Crippen LogP contribution >= 0.6 is 0 Å². The number of hydrogen-bond acceptors (Lipinski definition) is 2. The Balaban J connectivity index is 2.01. The molecule has 2 fully saturated rings. The van der Waals surface area contributed by atoms with Gasteiger partial charge in [0.2, 0.25) is 5.91 Å². The average molecular weight is 201 g/mol. The van der Waals surface area contributed by atoms with Crippen LogP contribution in [-0.4, -0.2) is 41.3 Å². The van der Waals surface area contributed by atoms with E-state index in [1.165, 1.54) is 0 Å². The van der Waals surface area contributed by atoms with Crippen molar-refractivity contribution in [2.75, 3.05) is 13.1 Å². The van der Waals surface area contributed by atoms with Crippen molar-refractivity contribution >= 4 is 5.91 Å². The predicted molar refractivity (Wildman–Crippen MR) is 49.4 cm³/mol. The van der Waals surface area contributed by atoms with Crippen LogP contribution in [0.15, 0.2) is 0 Å². The highest BCUT2D eigenvalue weighted by Gasteiger charge is 2.59. The molecule has 1 amide bonds. The van der Waals surface area contributed by atoms with Gasteiger partial charge < -0.3 is 10.0 Å². The zero-order chi connectivity index (χ0) is 10.5. The lowest BCUT2D eigenvalue weighted by atomic mass is 10.1. The number of aliphatic hydroxyl groups is 1. The molecule has 80 valence electrons. The Morgan fingerprint density at radius 3 is 2.50 bits per heavy atom. The lowest BCUT2D eigenvalue weighted by molar-refractivity contribution is -0.136. The Hall–Kier alpha value is -0.640. The van der Waals surface area contributed by atoms with Gasteiger partial charge in [0, 0.05) is 19.0 Å². The van der Waals surface area contributed by atoms with E-state index < -0.39 is 17.7 Å². The molecule has 1 aliphatic heterocycles. The first-order valence-electron chi connectivity index (χ1n) is 5.06. The van der Waals surface area contributed by atoms with Crippen LogP contribution in [0, 0.1) is 11.3 Å². The number of likely N-dealkylation sites (tertiary alicyclic amines) is 1. The number of carbonyl (C=O) groups is 1. The highest BCUT2D eigenvalue weighted by Crippen LogP contribution is 2.50. The normalized spacial score (nSPS) is 46.9. The van der Waals surface area contributed by atoms with Crippen molar-refractivity contribution in [3.05, 3.63) is 0 Å². The smallest absolute Gasteiger partial charge is 0.231 e. The Morgan fingerprint density at radius 1 is 1.57 bits per heavy atom. The first kappa shape index (κ1) is 9.90. The molecule has 3 nitrogen and oxygen atoms in total. The molecule has 0 aromatic heterocycles. The van der Waals surface area contributed by atoms with E-state index in [9.17, 15) is 14.3 Å². The molecule has 1 heterocycles. The third kappa shape index (κ3) is 1.32. The Morgan fingerprint density at radius 2 is 2.14 bits per heavy atom. The third-order valence-electron chi connectivity index (χ3n) is 3.48. The minimum atomic E-state index is -0.983. The molecule has 0 aromatic carbocycles. The second-order valence-corrected chi connectivity index (χ2v) is 4.84. The topological polar surface area (TPSA) is 40.5 Å². The fourth-order valence-electron chi connectivity index (χ4n) is 2.01. The molecule has 4 unspecified atom stereocenters. The van der Waals surface area contributed by atoms with Gasteiger partial charge in [0.25, 0.3) is 0 Å². The summed E-state index contributed by atoms with van der Waals surface area (Å²) in [6.45, 7) is 4.49. The summed E-state index contributed by atoms with van der Waals surface area (Å²) in [4.78, 5) is 13.4. The van der Waals surface area contributed by atoms with Crippen molar-refractivity contribution in [2.24, 2.45) is 11.3 Å². The molecule has 1 saturated carbocycles. The summed E-state index contributed by atoms with van der Waals surface area (Å²) >= 11 is 0. The van der Waals surface area contributed by atoms with Crippen LogP contribution in [0.2, 0.25) is 0 Å². The number of amides is 1. The van der Waals surface area contributed by atoms with Crippen molar-refractivity contribution in [1.29, 1.82) is 0 Å². The molecular formula is C10H16FNO2. The number of alkyl halides is 1. The predicted octanol–water partition coefficient (Wildman–Crippen LogP) is 0.574. The van der Waals surface area contributed by atoms with E-state index in [4.69, 9.17) is 0 Å². The van der Waals surface area contributed by atoms with Gasteiger partial charge in [-0.25, -0.2) is 4.39 Å². The molecule has 14 heavy (non-hydrogen) atoms. The first-order chi connectivity index (χ1) is 6.45. The molecule has 1 N–H and O–H groups in total. The Bertz CT molecular complexity index is 261. The fourth-order valence-corrected chi connectivity index (χ4v) is 2.01. The number of halogens is 1. The molecule has 2 rings (SSSR count). The van der Waals surface area contributed by atoms with Gasteiger partial charge in [0.1, 0.15) is 6.17 Å². The van der Waals surface area contributed by atoms with E-state index in [0.717, 1.165) is 0 Å². The van der Waals surface area contributed by atoms with Crippen LogP contribution in [-0.2, 0) is 4.79 Å². The molecule has 0 radical (unpaired) electrons. The van der Waals surface area contributed by atoms with Crippen molar-refractivity contribution in [1.82, 2.24) is 4.90 Å². The molecule has 0 aromatic rings. The number of aliphatic hydroxyl groups excluding tert-OH is 1. The SMILES string of the molecule is CC1CN(C(=O)C2(C)CC2F)CC1O. The standard InChI is InChI=1S/C10H16FNO2/c1-6-4-12(5-7(6)13)9(14)10(2)3-8(10)11/h6-8,13H,3-5H2,1-2H3. The van der Waals surface area contributed by atoms with E-state index in [-0.39, 0.29) is 11.8 Å². The number of hydrogen-bond donors (Lipinski definition) is 1. The van der Waals surface area contributed by atoms with Crippen molar-refractivity contribution in [3.8, 4) is 0 Å². The third-order valence-corrected chi connectivity index (χ3v) is 3.48. The largest absolute Gasteiger partial charge is 0.391 e. The van der Waals surface area contributed by atoms with Gasteiger partial charge in [-0.3, -0.25) is 4.79 Å². The van der Waals surface area contributed by atoms with Gasteiger partial charge in [-0.1, -0.05) is 6.92 Å². The molecule has 4 heteroatoms. The maximum Gasteiger partial charge on any atom is 0.231 e. The summed E-state index contributed by atoms with van der Waals surface area (Å²) in [6, 6.07) is 0. The van der Waals surface area contributed by atoms with Crippen molar-refractivity contribution < 1.29 is 14.3 Å². The molecule has 1 aliphatic carbocycles. The number of carbonyl (C=O) groups excluding carboxylic acids is 1. The van der Waals surface area contributed by atoms with E-state index in [1.54, 1.807) is 11.8 Å². The molecule has 4 atom stereocenters. The maximum absolute atomic E-state index is 12.9. The lowest BCUT2D eigenvalue weighted by Crippen LogP contribution is -2.36. The van der Waals surface area contributed by atoms with Gasteiger partial charge >= 0.3 is 0 Å². The van der Waals surface area contributed by atoms with Gasteiger partial charge in [-0.15, -0.1) is 0 Å². The van der Waals surface area contributed by atoms with Crippen LogP contribution in [0.3, 0.4) is 0 Å². The van der Waals surface area contributed by atoms with Crippen LogP contribution in [0.4, 0.5) is 4.39 Å². The van der Waals surface area contributed by atoms with E-state index >= 15 is 0 Å². The van der Waals surface area contributed by atoms with Crippen LogP contribution in [0.25, 0.3) is 0 Å². The van der Waals surface area contributed by atoms with Gasteiger partial charge in [0.05, 0.1) is 11.5 Å². The van der Waals surface area contributed by atoms with Gasteiger partial charge in [-0.05, 0) is 13.3 Å². The maximum atomic E-state index is 12.9. The molecule has 1 saturated heterocycles. The summed E-state index contributed by atoms with van der Waals surface area (Å²) in [5, 5.41) is 9.48. The molecule has 0 spiro atoms. The average Bonchev–Trinajstić information content (AvgIpc) is 2.58. The Kier molecular flexibility index (Phi) is 2.07. The quantitative estimate of drug-likeness (QED) is 0.674. The minimum absolute atomic E-state index is 0.111. The number of rotatable bonds is 1. The first-order valence-corrected chi connectivity index (χ1v) is 5.06. The lowest BCUT2D eigenvalue weighted by Gasteiger charge is -2.19. The Labute approximate surface area is 82.9 Å². The van der Waals surface area contributed by atoms with E-state index in [0.29, 0.717) is 19.5 Å². The fraction of sp³-hybridized carbons (Fsp3) is 0.900. The second kappa shape index (κ2) is 2.92. The summed E-state index contributed by atoms with van der Waals surface area (Å²) in [6.07, 6.45) is -1.09. The van der Waals surface area contributed by atoms with Crippen LogP contribution in [0.5, 0.6) is 0 Å². The summed E-state index contributed by atoms with van der Waals surface area (Å²) in [5.41, 5.74) is -0.788. The van der Waals surface area contributed by atoms with E-state index in [2.05, 4.69) is 0 Å². The van der Waals surface area contributed by atoms with Gasteiger partial charge in [0.15, 0.2) is 0 Å². The monoisotopic (exact) mass is 201 g/mol. The number of β-amino-alcohol motifs (C(OH)–C–C–N with tert-alkyl or cyclic N) is 1. The minimum Gasteiger partial charge on any atom is -0.391 e. The molecule has 2 aliphatic rings. The number of nitrogens with zero attached hydrogens (tertiary/aromatic N) is 1. The molecular weight excluding hydrogens is 185 g/mol. The highest BCUT2D eigenvalue weighted by atomic mass is 19.1. The summed E-state index contributed by atoms with van der Waals surface area (Å²) < 4.78 is 12.9. The zero-order valence-corrected chi connectivity index (χ0v) is 8.53. The van der Waals surface area contributed by atoms with Gasteiger partial charge in [-0.2, -0.15) is 0 Å². The molecule has 0 bridgehead atoms. The van der Waals surface area contributed by atoms with Crippen LogP contribution in [0.1, 0.15) is 20.3 Å². The van der Waals surface area contributed by atoms with Crippen LogP contribution < -0.4 is 0 Å².